The van der Waals surface area contributed by atoms with E-state index in [0.717, 1.165) is 21.8 Å². The van der Waals surface area contributed by atoms with Crippen LogP contribution in [0.25, 0.3) is 10.9 Å². The third kappa shape index (κ3) is 3.50. The van der Waals surface area contributed by atoms with E-state index in [1.807, 2.05) is 0 Å². The Hall–Kier alpha value is -2.25. The number of sulfonamides is 1. The van der Waals surface area contributed by atoms with E-state index < -0.39 is 25.5 Å². The maximum Gasteiger partial charge on any atom is 0.300 e. The lowest BCUT2D eigenvalue weighted by molar-refractivity contribution is -0.384. The summed E-state index contributed by atoms with van der Waals surface area (Å²) < 4.78 is 28.8. The van der Waals surface area contributed by atoms with E-state index in [9.17, 15) is 23.6 Å². The number of aromatic amines is 1. The Bertz CT molecular complexity index is 1180. The topological polar surface area (TPSA) is 138 Å². The Morgan fingerprint density at radius 2 is 1.96 bits per heavy atom. The summed E-state index contributed by atoms with van der Waals surface area (Å²) in [6.07, 6.45) is 0. The van der Waals surface area contributed by atoms with Crippen molar-refractivity contribution in [2.75, 3.05) is 0 Å². The fourth-order valence-corrected chi connectivity index (χ4v) is 3.63. The third-order valence-corrected chi connectivity index (χ3v) is 5.51. The van der Waals surface area contributed by atoms with E-state index in [1.165, 1.54) is 0 Å². The van der Waals surface area contributed by atoms with Crippen LogP contribution in [0.15, 0.2) is 50.9 Å². The molecule has 0 saturated carbocycles. The Morgan fingerprint density at radius 3 is 2.65 bits per heavy atom. The van der Waals surface area contributed by atoms with Gasteiger partial charge in [-0.1, -0.05) is 16.1 Å². The number of rotatable bonds is 4. The molecule has 3 aromatic rings. The van der Waals surface area contributed by atoms with E-state index in [-0.39, 0.29) is 16.6 Å². The van der Waals surface area contributed by atoms with Crippen molar-refractivity contribution in [3.05, 3.63) is 55.1 Å². The summed E-state index contributed by atoms with van der Waals surface area (Å²) in [6.45, 7) is 0. The number of nitrogens with one attached hydrogen (secondary N) is 1. The number of hydrogen-bond acceptors (Lipinski definition) is 6. The summed E-state index contributed by atoms with van der Waals surface area (Å²) in [4.78, 5) is 12.3. The molecule has 0 unspecified atom stereocenters. The second-order valence-electron chi connectivity index (χ2n) is 5.04. The van der Waals surface area contributed by atoms with E-state index >= 15 is 0 Å². The number of hydrogen-bond donors (Lipinski definition) is 2. The number of fused-ring (bicyclic) bond motifs is 1. The highest BCUT2D eigenvalue weighted by molar-refractivity contribution is 14.1. The van der Waals surface area contributed by atoms with Crippen LogP contribution in [-0.4, -0.2) is 23.4 Å². The lowest BCUT2D eigenvalue weighted by atomic mass is 10.2. The molecule has 0 aliphatic rings. The standard InChI is InChI=1S/C14H8ClIN4O5S/c15-10-3-2-8(6-12(10)20(22)23)26(24,25)19-18-13-9-5-7(16)1-4-11(9)17-14(13)21/h1-6,17,21H. The number of nitro groups is 1. The van der Waals surface area contributed by atoms with Gasteiger partial charge in [0.05, 0.1) is 15.3 Å². The third-order valence-electron chi connectivity index (χ3n) is 3.37. The van der Waals surface area contributed by atoms with Gasteiger partial charge in [-0.2, -0.15) is 8.42 Å². The molecule has 0 aliphatic carbocycles. The molecule has 0 amide bonds. The highest BCUT2D eigenvalue weighted by Gasteiger charge is 2.21. The molecule has 9 nitrogen and oxygen atoms in total. The van der Waals surface area contributed by atoms with Crippen LogP contribution >= 0.6 is 34.2 Å². The minimum absolute atomic E-state index is 0.0504. The van der Waals surface area contributed by atoms with Gasteiger partial charge in [-0.15, -0.1) is 5.11 Å². The van der Waals surface area contributed by atoms with Gasteiger partial charge in [-0.05, 0) is 52.9 Å². The van der Waals surface area contributed by atoms with Gasteiger partial charge in [-0.3, -0.25) is 10.1 Å². The summed E-state index contributed by atoms with van der Waals surface area (Å²) >= 11 is 7.73. The number of aromatic nitrogens is 1. The fraction of sp³-hybridized carbons (Fsp3) is 0. The van der Waals surface area contributed by atoms with E-state index in [4.69, 9.17) is 11.6 Å². The zero-order chi connectivity index (χ0) is 19.1. The van der Waals surface area contributed by atoms with Crippen molar-refractivity contribution in [1.82, 2.24) is 4.98 Å². The Kier molecular flexibility index (Phi) is 4.86. The van der Waals surface area contributed by atoms with E-state index in [0.29, 0.717) is 10.9 Å². The SMILES string of the molecule is O=[N+]([O-])c1cc(S(=O)(=O)N=Nc2c(O)[nH]c3ccc(I)cc23)ccc1Cl. The number of benzene rings is 2. The average molecular weight is 507 g/mol. The summed E-state index contributed by atoms with van der Waals surface area (Å²) in [6, 6.07) is 8.17. The molecule has 2 aromatic carbocycles. The first kappa shape index (κ1) is 18.5. The Balaban J connectivity index is 2.06. The molecule has 0 atom stereocenters. The zero-order valence-corrected chi connectivity index (χ0v) is 16.3. The fourth-order valence-electron chi connectivity index (χ4n) is 2.17. The van der Waals surface area contributed by atoms with Gasteiger partial charge in [0.2, 0.25) is 5.88 Å². The lowest BCUT2D eigenvalue weighted by Gasteiger charge is -2.00. The van der Waals surface area contributed by atoms with Crippen molar-refractivity contribution >= 4 is 66.5 Å². The molecule has 12 heteroatoms. The van der Waals surface area contributed by atoms with Crippen LogP contribution < -0.4 is 0 Å². The predicted molar refractivity (Wildman–Crippen MR) is 102 cm³/mol. The zero-order valence-electron chi connectivity index (χ0n) is 12.6. The molecule has 0 saturated heterocycles. The normalized spacial score (nSPS) is 12.1. The molecule has 0 aliphatic heterocycles. The van der Waals surface area contributed by atoms with Gasteiger partial charge in [0, 0.05) is 15.0 Å². The van der Waals surface area contributed by atoms with Gasteiger partial charge in [0.15, 0.2) is 5.69 Å². The predicted octanol–water partition coefficient (Wildman–Crippen LogP) is 4.51. The maximum absolute atomic E-state index is 12.3. The van der Waals surface area contributed by atoms with Crippen molar-refractivity contribution < 1.29 is 18.4 Å². The number of H-pyrrole nitrogens is 1. The number of aromatic hydroxyl groups is 1. The molecule has 1 heterocycles. The summed E-state index contributed by atoms with van der Waals surface area (Å²) in [5.74, 6) is -0.344. The van der Waals surface area contributed by atoms with Gasteiger partial charge in [-0.25, -0.2) is 0 Å². The van der Waals surface area contributed by atoms with Gasteiger partial charge >= 0.3 is 0 Å². The molecule has 0 fully saturated rings. The van der Waals surface area contributed by atoms with Gasteiger partial charge in [0.1, 0.15) is 5.02 Å². The molecular formula is C14H8ClIN4O5S. The monoisotopic (exact) mass is 506 g/mol. The maximum atomic E-state index is 12.3. The van der Waals surface area contributed by atoms with Crippen LogP contribution in [0.3, 0.4) is 0 Å². The van der Waals surface area contributed by atoms with Crippen LogP contribution in [-0.2, 0) is 10.0 Å². The average Bonchev–Trinajstić information content (AvgIpc) is 2.87. The summed E-state index contributed by atoms with van der Waals surface area (Å²) in [5.41, 5.74) is -0.0608. The molecule has 3 rings (SSSR count). The highest BCUT2D eigenvalue weighted by Crippen LogP contribution is 2.37. The van der Waals surface area contributed by atoms with Crippen molar-refractivity contribution in [3.8, 4) is 5.88 Å². The van der Waals surface area contributed by atoms with Crippen LogP contribution in [0.2, 0.25) is 5.02 Å². The summed E-state index contributed by atoms with van der Waals surface area (Å²) in [7, 11) is -4.34. The van der Waals surface area contributed by atoms with Crippen molar-refractivity contribution in [2.24, 2.45) is 9.63 Å². The molecule has 0 radical (unpaired) electrons. The quantitative estimate of drug-likeness (QED) is 0.232. The van der Waals surface area contributed by atoms with Crippen LogP contribution in [0.5, 0.6) is 5.88 Å². The second kappa shape index (κ2) is 6.81. The minimum atomic E-state index is -4.34. The lowest BCUT2D eigenvalue weighted by Crippen LogP contribution is -1.98. The van der Waals surface area contributed by atoms with Gasteiger partial charge in [0.25, 0.3) is 15.7 Å². The smallest absolute Gasteiger partial charge is 0.300 e. The first-order valence-corrected chi connectivity index (χ1v) is 9.71. The van der Waals surface area contributed by atoms with Crippen molar-refractivity contribution in [1.29, 1.82) is 0 Å². The van der Waals surface area contributed by atoms with Gasteiger partial charge < -0.3 is 10.1 Å². The molecular weight excluding hydrogens is 499 g/mol. The number of nitro benzene ring substituents is 1. The molecule has 134 valence electrons. The van der Waals surface area contributed by atoms with E-state index in [2.05, 4.69) is 37.2 Å². The van der Waals surface area contributed by atoms with E-state index in [1.54, 1.807) is 18.2 Å². The Morgan fingerprint density at radius 1 is 1.23 bits per heavy atom. The highest BCUT2D eigenvalue weighted by atomic mass is 127. The number of nitrogens with zero attached hydrogens (tertiary/aromatic N) is 3. The molecule has 2 N–H and O–H groups in total. The molecule has 0 bridgehead atoms. The number of halogens is 2. The van der Waals surface area contributed by atoms with Crippen molar-refractivity contribution in [2.45, 2.75) is 4.90 Å². The van der Waals surface area contributed by atoms with Crippen LogP contribution in [0, 0.1) is 13.7 Å². The van der Waals surface area contributed by atoms with Crippen molar-refractivity contribution in [3.63, 3.8) is 0 Å². The Labute approximate surface area is 165 Å². The van der Waals surface area contributed by atoms with Crippen LogP contribution in [0.1, 0.15) is 0 Å². The molecule has 1 aromatic heterocycles. The summed E-state index contributed by atoms with van der Waals surface area (Å²) in [5, 5.41) is 24.7. The first-order valence-electron chi connectivity index (χ1n) is 6.81. The largest absolute Gasteiger partial charge is 0.493 e. The molecule has 26 heavy (non-hydrogen) atoms. The second-order valence-corrected chi connectivity index (χ2v) is 8.28. The molecule has 0 spiro atoms. The minimum Gasteiger partial charge on any atom is -0.493 e. The van der Waals surface area contributed by atoms with Crippen LogP contribution in [0.4, 0.5) is 11.4 Å². The first-order chi connectivity index (χ1) is 12.2.